The molecule has 0 saturated heterocycles. The second kappa shape index (κ2) is 3.62. The average Bonchev–Trinajstić information content (AvgIpc) is 2.64. The molecular formula is C10H8F3N3. The first kappa shape index (κ1) is 10.7. The van der Waals surface area contributed by atoms with E-state index in [0.29, 0.717) is 11.5 Å². The van der Waals surface area contributed by atoms with Crippen LogP contribution in [0.25, 0.3) is 11.5 Å². The number of aromatic amines is 1. The standard InChI is InChI=1S/C10H8F3N3/c1-6-4-15-9(16-6)8-3-2-7(5-14-8)10(11,12)13/h2-5H,1H3,(H,15,16). The fraction of sp³-hybridized carbons (Fsp3) is 0.200. The quantitative estimate of drug-likeness (QED) is 0.813. The molecule has 0 aromatic carbocycles. The number of aryl methyl sites for hydroxylation is 1. The van der Waals surface area contributed by atoms with Crippen LogP contribution in [0.3, 0.4) is 0 Å². The van der Waals surface area contributed by atoms with Gasteiger partial charge in [-0.2, -0.15) is 13.2 Å². The lowest BCUT2D eigenvalue weighted by atomic mass is 10.2. The van der Waals surface area contributed by atoms with Crippen molar-refractivity contribution >= 4 is 0 Å². The van der Waals surface area contributed by atoms with Crippen molar-refractivity contribution in [1.82, 2.24) is 15.0 Å². The van der Waals surface area contributed by atoms with Crippen LogP contribution < -0.4 is 0 Å². The smallest absolute Gasteiger partial charge is 0.341 e. The van der Waals surface area contributed by atoms with Gasteiger partial charge in [0.15, 0.2) is 5.82 Å². The monoisotopic (exact) mass is 227 g/mol. The largest absolute Gasteiger partial charge is 0.417 e. The third-order valence-electron chi connectivity index (χ3n) is 2.04. The molecule has 84 valence electrons. The third-order valence-corrected chi connectivity index (χ3v) is 2.04. The van der Waals surface area contributed by atoms with E-state index in [1.807, 2.05) is 0 Å². The molecular weight excluding hydrogens is 219 g/mol. The van der Waals surface area contributed by atoms with E-state index in [0.717, 1.165) is 18.0 Å². The van der Waals surface area contributed by atoms with E-state index < -0.39 is 11.7 Å². The van der Waals surface area contributed by atoms with E-state index in [-0.39, 0.29) is 0 Å². The minimum Gasteiger partial charge on any atom is -0.341 e. The normalized spacial score (nSPS) is 11.8. The molecule has 0 bridgehead atoms. The van der Waals surface area contributed by atoms with E-state index in [4.69, 9.17) is 0 Å². The Kier molecular flexibility index (Phi) is 2.41. The summed E-state index contributed by atoms with van der Waals surface area (Å²) in [5.41, 5.74) is 0.456. The Hall–Kier alpha value is -1.85. The Balaban J connectivity index is 2.33. The molecule has 0 amide bonds. The van der Waals surface area contributed by atoms with Crippen LogP contribution in [0, 0.1) is 6.92 Å². The third kappa shape index (κ3) is 2.05. The van der Waals surface area contributed by atoms with Gasteiger partial charge in [0.1, 0.15) is 5.69 Å². The van der Waals surface area contributed by atoms with Crippen molar-refractivity contribution in [2.45, 2.75) is 13.1 Å². The fourth-order valence-electron chi connectivity index (χ4n) is 1.24. The number of aromatic nitrogens is 3. The lowest BCUT2D eigenvalue weighted by Crippen LogP contribution is -2.05. The summed E-state index contributed by atoms with van der Waals surface area (Å²) in [7, 11) is 0. The predicted molar refractivity (Wildman–Crippen MR) is 51.6 cm³/mol. The number of pyridine rings is 1. The van der Waals surface area contributed by atoms with Gasteiger partial charge in [-0.15, -0.1) is 0 Å². The zero-order valence-electron chi connectivity index (χ0n) is 8.34. The number of nitrogens with one attached hydrogen (secondary N) is 1. The molecule has 2 aromatic rings. The molecule has 0 aliphatic rings. The molecule has 0 spiro atoms. The van der Waals surface area contributed by atoms with E-state index in [1.165, 1.54) is 6.07 Å². The van der Waals surface area contributed by atoms with E-state index in [2.05, 4.69) is 15.0 Å². The van der Waals surface area contributed by atoms with Gasteiger partial charge in [-0.3, -0.25) is 4.98 Å². The van der Waals surface area contributed by atoms with Gasteiger partial charge in [0, 0.05) is 18.1 Å². The molecule has 6 heteroatoms. The van der Waals surface area contributed by atoms with Gasteiger partial charge in [0.2, 0.25) is 0 Å². The summed E-state index contributed by atoms with van der Waals surface area (Å²) in [5.74, 6) is 0.464. The van der Waals surface area contributed by atoms with Gasteiger partial charge in [-0.1, -0.05) is 0 Å². The molecule has 0 aliphatic carbocycles. The summed E-state index contributed by atoms with van der Waals surface area (Å²) in [5, 5.41) is 0. The van der Waals surface area contributed by atoms with Crippen LogP contribution in [0.2, 0.25) is 0 Å². The number of halogens is 3. The average molecular weight is 227 g/mol. The second-order valence-electron chi connectivity index (χ2n) is 3.34. The Bertz CT molecular complexity index is 485. The first-order valence-corrected chi connectivity index (χ1v) is 4.52. The van der Waals surface area contributed by atoms with Crippen LogP contribution in [-0.2, 0) is 6.18 Å². The van der Waals surface area contributed by atoms with Crippen molar-refractivity contribution in [2.24, 2.45) is 0 Å². The molecule has 0 saturated carbocycles. The Morgan fingerprint density at radius 2 is 1.88 bits per heavy atom. The van der Waals surface area contributed by atoms with Crippen LogP contribution in [0.4, 0.5) is 13.2 Å². The first-order valence-electron chi connectivity index (χ1n) is 4.52. The molecule has 0 unspecified atom stereocenters. The predicted octanol–water partition coefficient (Wildman–Crippen LogP) is 2.80. The van der Waals surface area contributed by atoms with Crippen molar-refractivity contribution < 1.29 is 13.2 Å². The number of nitrogens with zero attached hydrogens (tertiary/aromatic N) is 2. The maximum absolute atomic E-state index is 12.3. The van der Waals surface area contributed by atoms with Gasteiger partial charge in [-0.25, -0.2) is 4.98 Å². The second-order valence-corrected chi connectivity index (χ2v) is 3.34. The number of hydrogen-bond donors (Lipinski definition) is 1. The van der Waals surface area contributed by atoms with Crippen LogP contribution in [-0.4, -0.2) is 15.0 Å². The minimum atomic E-state index is -4.36. The first-order chi connectivity index (χ1) is 7.47. The summed E-state index contributed by atoms with van der Waals surface area (Å²) in [6.45, 7) is 1.81. The maximum atomic E-state index is 12.3. The van der Waals surface area contributed by atoms with Crippen LogP contribution in [0.5, 0.6) is 0 Å². The van der Waals surface area contributed by atoms with E-state index >= 15 is 0 Å². The molecule has 2 aromatic heterocycles. The summed E-state index contributed by atoms with van der Waals surface area (Å²) in [6, 6.07) is 2.28. The Labute approximate surface area is 89.4 Å². The summed E-state index contributed by atoms with van der Waals surface area (Å²) < 4.78 is 36.8. The molecule has 16 heavy (non-hydrogen) atoms. The van der Waals surface area contributed by atoms with Gasteiger partial charge in [0.05, 0.1) is 5.56 Å². The molecule has 2 heterocycles. The Morgan fingerprint density at radius 3 is 2.31 bits per heavy atom. The molecule has 0 aliphatic heterocycles. The van der Waals surface area contributed by atoms with Crippen molar-refractivity contribution in [2.75, 3.05) is 0 Å². The number of imidazole rings is 1. The highest BCUT2D eigenvalue weighted by molar-refractivity contribution is 5.49. The molecule has 0 radical (unpaired) electrons. The molecule has 1 N–H and O–H groups in total. The van der Waals surface area contributed by atoms with E-state index in [1.54, 1.807) is 13.1 Å². The summed E-state index contributed by atoms with van der Waals surface area (Å²) in [4.78, 5) is 10.6. The Morgan fingerprint density at radius 1 is 1.12 bits per heavy atom. The van der Waals surface area contributed by atoms with Gasteiger partial charge >= 0.3 is 6.18 Å². The lowest BCUT2D eigenvalue weighted by molar-refractivity contribution is -0.137. The number of rotatable bonds is 1. The van der Waals surface area contributed by atoms with E-state index in [9.17, 15) is 13.2 Å². The zero-order chi connectivity index (χ0) is 11.8. The van der Waals surface area contributed by atoms with Crippen LogP contribution >= 0.6 is 0 Å². The van der Waals surface area contributed by atoms with Crippen LogP contribution in [0.1, 0.15) is 11.3 Å². The molecule has 0 atom stereocenters. The zero-order valence-corrected chi connectivity index (χ0v) is 8.34. The minimum absolute atomic E-state index is 0.390. The highest BCUT2D eigenvalue weighted by atomic mass is 19.4. The van der Waals surface area contributed by atoms with Crippen molar-refractivity contribution in [3.63, 3.8) is 0 Å². The highest BCUT2D eigenvalue weighted by Gasteiger charge is 2.30. The number of alkyl halides is 3. The maximum Gasteiger partial charge on any atom is 0.417 e. The van der Waals surface area contributed by atoms with Crippen molar-refractivity contribution in [3.8, 4) is 11.5 Å². The molecule has 3 nitrogen and oxygen atoms in total. The highest BCUT2D eigenvalue weighted by Crippen LogP contribution is 2.29. The van der Waals surface area contributed by atoms with Gasteiger partial charge in [-0.05, 0) is 19.1 Å². The SMILES string of the molecule is Cc1cnc(-c2ccc(C(F)(F)F)cn2)[nH]1. The van der Waals surface area contributed by atoms with Crippen molar-refractivity contribution in [1.29, 1.82) is 0 Å². The van der Waals surface area contributed by atoms with Gasteiger partial charge < -0.3 is 4.98 Å². The lowest BCUT2D eigenvalue weighted by Gasteiger charge is -2.05. The fourth-order valence-corrected chi connectivity index (χ4v) is 1.24. The summed E-state index contributed by atoms with van der Waals surface area (Å²) >= 11 is 0. The number of H-pyrrole nitrogens is 1. The number of hydrogen-bond acceptors (Lipinski definition) is 2. The van der Waals surface area contributed by atoms with Crippen molar-refractivity contribution in [3.05, 3.63) is 35.8 Å². The topological polar surface area (TPSA) is 41.6 Å². The summed E-state index contributed by atoms with van der Waals surface area (Å²) in [6.07, 6.45) is -1.97. The molecule has 2 rings (SSSR count). The molecule has 0 fully saturated rings. The van der Waals surface area contributed by atoms with Crippen LogP contribution in [0.15, 0.2) is 24.5 Å². The van der Waals surface area contributed by atoms with Gasteiger partial charge in [0.25, 0.3) is 0 Å².